The zero-order chi connectivity index (χ0) is 12.8. The Hall–Kier alpha value is -2.33. The summed E-state index contributed by atoms with van der Waals surface area (Å²) in [6.45, 7) is 0.729. The quantitative estimate of drug-likeness (QED) is 0.570. The number of hydroxylamine groups is 1. The maximum Gasteiger partial charge on any atom is 0.274 e. The minimum Gasteiger partial charge on any atom is -0.381 e. The van der Waals surface area contributed by atoms with Crippen LogP contribution in [0.3, 0.4) is 0 Å². The van der Waals surface area contributed by atoms with Gasteiger partial charge in [0.1, 0.15) is 0 Å². The minimum atomic E-state index is -0.510. The van der Waals surface area contributed by atoms with E-state index < -0.39 is 5.91 Å². The summed E-state index contributed by atoms with van der Waals surface area (Å²) >= 11 is 0. The van der Waals surface area contributed by atoms with Crippen molar-refractivity contribution >= 4 is 11.6 Å². The van der Waals surface area contributed by atoms with E-state index in [0.717, 1.165) is 12.2 Å². The van der Waals surface area contributed by atoms with Gasteiger partial charge in [-0.3, -0.25) is 10.0 Å². The van der Waals surface area contributed by atoms with Crippen molar-refractivity contribution in [3.63, 3.8) is 0 Å². The second-order valence-electron chi connectivity index (χ2n) is 3.86. The van der Waals surface area contributed by atoms with Crippen LogP contribution in [0.5, 0.6) is 0 Å². The van der Waals surface area contributed by atoms with Crippen molar-refractivity contribution in [2.45, 2.75) is 6.54 Å². The molecular formula is C14H14N2O2. The van der Waals surface area contributed by atoms with Crippen LogP contribution in [0.1, 0.15) is 15.9 Å². The Morgan fingerprint density at radius 3 is 2.28 bits per heavy atom. The fourth-order valence-corrected chi connectivity index (χ4v) is 1.60. The molecule has 92 valence electrons. The van der Waals surface area contributed by atoms with Crippen LogP contribution in [0.15, 0.2) is 54.6 Å². The van der Waals surface area contributed by atoms with Crippen molar-refractivity contribution in [2.75, 3.05) is 5.32 Å². The molecule has 0 spiro atoms. The van der Waals surface area contributed by atoms with Gasteiger partial charge in [-0.2, -0.15) is 0 Å². The molecule has 0 aliphatic rings. The van der Waals surface area contributed by atoms with E-state index in [4.69, 9.17) is 5.21 Å². The standard InChI is InChI=1S/C14H14N2O2/c17-14(16-18)12-6-8-13(9-7-12)15-10-11-4-2-1-3-5-11/h1-9,15,18H,10H2,(H,16,17). The molecule has 18 heavy (non-hydrogen) atoms. The smallest absolute Gasteiger partial charge is 0.274 e. The average Bonchev–Trinajstić information content (AvgIpc) is 2.46. The number of carbonyl (C=O) groups excluding carboxylic acids is 1. The number of carbonyl (C=O) groups is 1. The van der Waals surface area contributed by atoms with Crippen molar-refractivity contribution < 1.29 is 10.0 Å². The molecule has 4 heteroatoms. The molecule has 0 fully saturated rings. The van der Waals surface area contributed by atoms with Gasteiger partial charge in [-0.15, -0.1) is 0 Å². The summed E-state index contributed by atoms with van der Waals surface area (Å²) in [5.74, 6) is -0.510. The number of hydrogen-bond acceptors (Lipinski definition) is 3. The predicted molar refractivity (Wildman–Crippen MR) is 69.5 cm³/mol. The van der Waals surface area contributed by atoms with Gasteiger partial charge in [0.2, 0.25) is 0 Å². The van der Waals surface area contributed by atoms with E-state index in [2.05, 4.69) is 5.32 Å². The molecule has 2 rings (SSSR count). The third-order valence-electron chi connectivity index (χ3n) is 2.59. The SMILES string of the molecule is O=C(NO)c1ccc(NCc2ccccc2)cc1. The summed E-state index contributed by atoms with van der Waals surface area (Å²) in [5, 5.41) is 11.7. The fourth-order valence-electron chi connectivity index (χ4n) is 1.60. The molecule has 0 saturated heterocycles. The largest absolute Gasteiger partial charge is 0.381 e. The Labute approximate surface area is 105 Å². The fraction of sp³-hybridized carbons (Fsp3) is 0.0714. The Kier molecular flexibility index (Phi) is 3.94. The maximum atomic E-state index is 11.1. The highest BCUT2D eigenvalue weighted by Gasteiger charge is 2.02. The van der Waals surface area contributed by atoms with E-state index in [9.17, 15) is 4.79 Å². The summed E-state index contributed by atoms with van der Waals surface area (Å²) in [4.78, 5) is 11.1. The maximum absolute atomic E-state index is 11.1. The Morgan fingerprint density at radius 2 is 1.67 bits per heavy atom. The van der Waals surface area contributed by atoms with E-state index in [1.807, 2.05) is 30.3 Å². The Morgan fingerprint density at radius 1 is 1.00 bits per heavy atom. The summed E-state index contributed by atoms with van der Waals surface area (Å²) in [7, 11) is 0. The van der Waals surface area contributed by atoms with Crippen molar-refractivity contribution in [3.8, 4) is 0 Å². The highest BCUT2D eigenvalue weighted by Crippen LogP contribution is 2.11. The predicted octanol–water partition coefficient (Wildman–Crippen LogP) is 2.42. The second-order valence-corrected chi connectivity index (χ2v) is 3.86. The first kappa shape index (κ1) is 12.1. The molecule has 2 aromatic rings. The third-order valence-corrected chi connectivity index (χ3v) is 2.59. The number of hydrogen-bond donors (Lipinski definition) is 3. The Bertz CT molecular complexity index is 509. The van der Waals surface area contributed by atoms with E-state index in [0.29, 0.717) is 5.56 Å². The summed E-state index contributed by atoms with van der Waals surface area (Å²) < 4.78 is 0. The Balaban J connectivity index is 1.97. The normalized spacial score (nSPS) is 9.83. The van der Waals surface area contributed by atoms with Crippen molar-refractivity contribution in [1.29, 1.82) is 0 Å². The van der Waals surface area contributed by atoms with E-state index in [-0.39, 0.29) is 0 Å². The van der Waals surface area contributed by atoms with Crippen LogP contribution in [-0.2, 0) is 6.54 Å². The molecule has 0 aromatic heterocycles. The zero-order valence-electron chi connectivity index (χ0n) is 9.76. The zero-order valence-corrected chi connectivity index (χ0v) is 9.76. The van der Waals surface area contributed by atoms with Crippen LogP contribution in [0.25, 0.3) is 0 Å². The molecule has 0 aliphatic heterocycles. The monoisotopic (exact) mass is 242 g/mol. The molecule has 0 bridgehead atoms. The molecule has 0 radical (unpaired) electrons. The van der Waals surface area contributed by atoms with Crippen molar-refractivity contribution in [2.24, 2.45) is 0 Å². The number of anilines is 1. The van der Waals surface area contributed by atoms with Crippen LogP contribution in [-0.4, -0.2) is 11.1 Å². The van der Waals surface area contributed by atoms with E-state index in [1.165, 1.54) is 5.56 Å². The van der Waals surface area contributed by atoms with Crippen LogP contribution >= 0.6 is 0 Å². The van der Waals surface area contributed by atoms with E-state index >= 15 is 0 Å². The highest BCUT2D eigenvalue weighted by molar-refractivity contribution is 5.93. The molecule has 0 unspecified atom stereocenters. The van der Waals surface area contributed by atoms with Gasteiger partial charge in [-0.25, -0.2) is 5.48 Å². The number of nitrogens with one attached hydrogen (secondary N) is 2. The second kappa shape index (κ2) is 5.84. The van der Waals surface area contributed by atoms with E-state index in [1.54, 1.807) is 29.7 Å². The summed E-state index contributed by atoms with van der Waals surface area (Å²) in [5.41, 5.74) is 4.13. The van der Waals surface area contributed by atoms with Gasteiger partial charge in [0.05, 0.1) is 0 Å². The minimum absolute atomic E-state index is 0.419. The van der Waals surface area contributed by atoms with Gasteiger partial charge in [-0.1, -0.05) is 30.3 Å². The summed E-state index contributed by atoms with van der Waals surface area (Å²) in [6.07, 6.45) is 0. The van der Waals surface area contributed by atoms with Gasteiger partial charge in [0.25, 0.3) is 5.91 Å². The lowest BCUT2D eigenvalue weighted by molar-refractivity contribution is 0.0706. The van der Waals surface area contributed by atoms with Crippen LogP contribution in [0, 0.1) is 0 Å². The third kappa shape index (κ3) is 3.09. The summed E-state index contributed by atoms with van der Waals surface area (Å²) in [6, 6.07) is 16.9. The van der Waals surface area contributed by atoms with Crippen LogP contribution < -0.4 is 10.8 Å². The number of rotatable bonds is 4. The van der Waals surface area contributed by atoms with Crippen LogP contribution in [0.4, 0.5) is 5.69 Å². The first-order chi connectivity index (χ1) is 8.79. The lowest BCUT2D eigenvalue weighted by Gasteiger charge is -2.07. The molecule has 0 saturated carbocycles. The van der Waals surface area contributed by atoms with Gasteiger partial charge in [0.15, 0.2) is 0 Å². The molecular weight excluding hydrogens is 228 g/mol. The molecule has 0 atom stereocenters. The highest BCUT2D eigenvalue weighted by atomic mass is 16.5. The van der Waals surface area contributed by atoms with Gasteiger partial charge < -0.3 is 5.32 Å². The molecule has 0 aliphatic carbocycles. The van der Waals surface area contributed by atoms with Gasteiger partial charge in [-0.05, 0) is 29.8 Å². The molecule has 4 nitrogen and oxygen atoms in total. The molecule has 3 N–H and O–H groups in total. The lowest BCUT2D eigenvalue weighted by Crippen LogP contribution is -2.18. The van der Waals surface area contributed by atoms with Gasteiger partial charge in [0, 0.05) is 17.8 Å². The van der Waals surface area contributed by atoms with Crippen molar-refractivity contribution in [1.82, 2.24) is 5.48 Å². The lowest BCUT2D eigenvalue weighted by atomic mass is 10.2. The molecule has 0 heterocycles. The average molecular weight is 242 g/mol. The van der Waals surface area contributed by atoms with Gasteiger partial charge >= 0.3 is 0 Å². The number of benzene rings is 2. The number of amides is 1. The first-order valence-electron chi connectivity index (χ1n) is 5.62. The van der Waals surface area contributed by atoms with Crippen LogP contribution in [0.2, 0.25) is 0 Å². The topological polar surface area (TPSA) is 61.4 Å². The van der Waals surface area contributed by atoms with Crippen molar-refractivity contribution in [3.05, 3.63) is 65.7 Å². The molecule has 1 amide bonds. The molecule has 2 aromatic carbocycles. The first-order valence-corrected chi connectivity index (χ1v) is 5.62.